The van der Waals surface area contributed by atoms with Crippen LogP contribution >= 0.6 is 28.1 Å². The predicted molar refractivity (Wildman–Crippen MR) is 105 cm³/mol. The minimum atomic E-state index is -0.257. The zero-order valence-electron chi connectivity index (χ0n) is 13.5. The molecule has 1 amide bonds. The number of hydrogen-bond donors (Lipinski definition) is 2. The molecule has 0 saturated carbocycles. The van der Waals surface area contributed by atoms with Gasteiger partial charge in [-0.15, -0.1) is 0 Å². The fraction of sp³-hybridized carbons (Fsp3) is 0.222. The van der Waals surface area contributed by atoms with Crippen molar-refractivity contribution in [3.8, 4) is 5.75 Å². The van der Waals surface area contributed by atoms with Crippen molar-refractivity contribution in [2.75, 3.05) is 11.9 Å². The molecule has 0 spiro atoms. The molecule has 6 heteroatoms. The molecule has 0 unspecified atom stereocenters. The fourth-order valence-corrected chi connectivity index (χ4v) is 2.34. The van der Waals surface area contributed by atoms with Crippen molar-refractivity contribution < 1.29 is 9.53 Å². The van der Waals surface area contributed by atoms with E-state index in [0.717, 1.165) is 15.9 Å². The molecule has 4 nitrogen and oxygen atoms in total. The van der Waals surface area contributed by atoms with E-state index in [1.54, 1.807) is 24.3 Å². The van der Waals surface area contributed by atoms with E-state index in [0.29, 0.717) is 18.1 Å². The molecular formula is C18H19BrN2O2S. The first kappa shape index (κ1) is 18.4. The second kappa shape index (κ2) is 8.80. The quantitative estimate of drug-likeness (QED) is 0.711. The van der Waals surface area contributed by atoms with Gasteiger partial charge >= 0.3 is 0 Å². The second-order valence-corrected chi connectivity index (χ2v) is 6.97. The Morgan fingerprint density at radius 3 is 2.58 bits per heavy atom. The van der Waals surface area contributed by atoms with Crippen molar-refractivity contribution in [2.45, 2.75) is 13.8 Å². The molecule has 2 N–H and O–H groups in total. The first-order chi connectivity index (χ1) is 11.4. The van der Waals surface area contributed by atoms with Crippen LogP contribution in [-0.4, -0.2) is 17.6 Å². The molecule has 126 valence electrons. The number of anilines is 1. The number of ether oxygens (including phenoxy) is 1. The van der Waals surface area contributed by atoms with E-state index >= 15 is 0 Å². The Labute approximate surface area is 155 Å². The highest BCUT2D eigenvalue weighted by molar-refractivity contribution is 9.10. The molecule has 2 rings (SSSR count). The van der Waals surface area contributed by atoms with E-state index in [-0.39, 0.29) is 11.0 Å². The lowest BCUT2D eigenvalue weighted by atomic mass is 10.2. The van der Waals surface area contributed by atoms with Crippen molar-refractivity contribution in [3.63, 3.8) is 0 Å². The first-order valence-corrected chi connectivity index (χ1v) is 8.75. The van der Waals surface area contributed by atoms with E-state index in [1.165, 1.54) is 0 Å². The maximum atomic E-state index is 12.1. The number of benzene rings is 2. The number of nitrogens with one attached hydrogen (secondary N) is 2. The minimum Gasteiger partial charge on any atom is -0.493 e. The molecule has 0 aliphatic carbocycles. The van der Waals surface area contributed by atoms with Gasteiger partial charge in [0.1, 0.15) is 5.75 Å². The third-order valence-corrected chi connectivity index (χ3v) is 3.74. The van der Waals surface area contributed by atoms with Gasteiger partial charge < -0.3 is 10.1 Å². The Morgan fingerprint density at radius 1 is 1.21 bits per heavy atom. The number of halogens is 1. The van der Waals surface area contributed by atoms with Crippen LogP contribution in [0.4, 0.5) is 5.69 Å². The fourth-order valence-electron chi connectivity index (χ4n) is 1.87. The lowest BCUT2D eigenvalue weighted by Crippen LogP contribution is -2.34. The second-order valence-electron chi connectivity index (χ2n) is 5.65. The molecule has 0 saturated heterocycles. The van der Waals surface area contributed by atoms with Gasteiger partial charge in [0, 0.05) is 21.8 Å². The number of thiocarbonyl (C=S) groups is 1. The third kappa shape index (κ3) is 5.94. The average Bonchev–Trinajstić information content (AvgIpc) is 2.53. The summed E-state index contributed by atoms with van der Waals surface area (Å²) in [6.07, 6.45) is 0. The third-order valence-electron chi connectivity index (χ3n) is 3.01. The van der Waals surface area contributed by atoms with Crippen LogP contribution < -0.4 is 15.4 Å². The van der Waals surface area contributed by atoms with Crippen LogP contribution in [0, 0.1) is 5.92 Å². The van der Waals surface area contributed by atoms with Gasteiger partial charge in [0.25, 0.3) is 5.91 Å². The summed E-state index contributed by atoms with van der Waals surface area (Å²) in [4.78, 5) is 12.1. The summed E-state index contributed by atoms with van der Waals surface area (Å²) in [5, 5.41) is 5.89. The number of hydrogen-bond acceptors (Lipinski definition) is 3. The number of carbonyl (C=O) groups excluding carboxylic acids is 1. The molecule has 2 aromatic rings. The highest BCUT2D eigenvalue weighted by Gasteiger charge is 2.08. The molecule has 0 atom stereocenters. The summed E-state index contributed by atoms with van der Waals surface area (Å²) >= 11 is 8.53. The molecule has 0 radical (unpaired) electrons. The van der Waals surface area contributed by atoms with E-state index in [9.17, 15) is 4.79 Å². The number of rotatable bonds is 5. The van der Waals surface area contributed by atoms with Gasteiger partial charge in [-0.05, 0) is 54.5 Å². The molecule has 0 aliphatic heterocycles. The van der Waals surface area contributed by atoms with E-state index < -0.39 is 0 Å². The van der Waals surface area contributed by atoms with Gasteiger partial charge in [-0.25, -0.2) is 0 Å². The Bertz CT molecular complexity index is 717. The van der Waals surface area contributed by atoms with E-state index in [1.807, 2.05) is 24.3 Å². The van der Waals surface area contributed by atoms with Gasteiger partial charge in [0.2, 0.25) is 0 Å². The zero-order chi connectivity index (χ0) is 17.5. The van der Waals surface area contributed by atoms with Crippen molar-refractivity contribution in [3.05, 3.63) is 58.6 Å². The van der Waals surface area contributed by atoms with Gasteiger partial charge in [-0.2, -0.15) is 0 Å². The van der Waals surface area contributed by atoms with Gasteiger partial charge in [-0.1, -0.05) is 35.8 Å². The molecule has 2 aromatic carbocycles. The van der Waals surface area contributed by atoms with Crippen LogP contribution in [0.1, 0.15) is 24.2 Å². The Kier molecular flexibility index (Phi) is 6.75. The maximum absolute atomic E-state index is 12.1. The van der Waals surface area contributed by atoms with Gasteiger partial charge in [-0.3, -0.25) is 10.1 Å². The zero-order valence-corrected chi connectivity index (χ0v) is 15.9. The molecule has 0 aliphatic rings. The largest absolute Gasteiger partial charge is 0.493 e. The maximum Gasteiger partial charge on any atom is 0.257 e. The highest BCUT2D eigenvalue weighted by atomic mass is 79.9. The SMILES string of the molecule is CC(C)COc1cccc(NC(=S)NC(=O)c2ccc(Br)cc2)c1. The lowest BCUT2D eigenvalue weighted by molar-refractivity contribution is 0.0977. The topological polar surface area (TPSA) is 50.4 Å². The van der Waals surface area contributed by atoms with Gasteiger partial charge in [0.05, 0.1) is 6.61 Å². The Balaban J connectivity index is 1.93. The van der Waals surface area contributed by atoms with Crippen molar-refractivity contribution in [1.82, 2.24) is 5.32 Å². The molecule has 0 fully saturated rings. The van der Waals surface area contributed by atoms with Crippen molar-refractivity contribution in [1.29, 1.82) is 0 Å². The Morgan fingerprint density at radius 2 is 1.92 bits per heavy atom. The van der Waals surface area contributed by atoms with Crippen LogP contribution in [0.15, 0.2) is 53.0 Å². The highest BCUT2D eigenvalue weighted by Crippen LogP contribution is 2.18. The number of amides is 1. The lowest BCUT2D eigenvalue weighted by Gasteiger charge is -2.12. The van der Waals surface area contributed by atoms with Crippen LogP contribution in [0.3, 0.4) is 0 Å². The summed E-state index contributed by atoms with van der Waals surface area (Å²) in [5.41, 5.74) is 1.30. The normalized spacial score (nSPS) is 10.3. The first-order valence-electron chi connectivity index (χ1n) is 7.55. The summed E-state index contributed by atoms with van der Waals surface area (Å²) in [6.45, 7) is 4.83. The summed E-state index contributed by atoms with van der Waals surface area (Å²) in [5.74, 6) is 0.954. The minimum absolute atomic E-state index is 0.240. The monoisotopic (exact) mass is 406 g/mol. The molecule has 24 heavy (non-hydrogen) atoms. The predicted octanol–water partition coefficient (Wildman–Crippen LogP) is 4.61. The summed E-state index contributed by atoms with van der Waals surface area (Å²) in [7, 11) is 0. The van der Waals surface area contributed by atoms with E-state index in [4.69, 9.17) is 17.0 Å². The molecule has 0 heterocycles. The van der Waals surface area contributed by atoms with Gasteiger partial charge in [0.15, 0.2) is 5.11 Å². The van der Waals surface area contributed by atoms with Crippen molar-refractivity contribution in [2.24, 2.45) is 5.92 Å². The molecular weight excluding hydrogens is 388 g/mol. The standard InChI is InChI=1S/C18H19BrN2O2S/c1-12(2)11-23-16-5-3-4-15(10-16)20-18(24)21-17(22)13-6-8-14(19)9-7-13/h3-10,12H,11H2,1-2H3,(H2,20,21,22,24). The molecule has 0 bridgehead atoms. The smallest absolute Gasteiger partial charge is 0.257 e. The molecule has 0 aromatic heterocycles. The average molecular weight is 407 g/mol. The summed E-state index contributed by atoms with van der Waals surface area (Å²) in [6, 6.07) is 14.5. The Hall–Kier alpha value is -1.92. The van der Waals surface area contributed by atoms with Crippen LogP contribution in [0.25, 0.3) is 0 Å². The van der Waals surface area contributed by atoms with Crippen LogP contribution in [-0.2, 0) is 0 Å². The number of carbonyl (C=O) groups is 1. The van der Waals surface area contributed by atoms with E-state index in [2.05, 4.69) is 40.4 Å². The van der Waals surface area contributed by atoms with Crippen molar-refractivity contribution >= 4 is 44.9 Å². The van der Waals surface area contributed by atoms with Crippen LogP contribution in [0.2, 0.25) is 0 Å². The summed E-state index contributed by atoms with van der Waals surface area (Å²) < 4.78 is 6.59. The van der Waals surface area contributed by atoms with Crippen LogP contribution in [0.5, 0.6) is 5.75 Å².